The molecule has 1 aliphatic heterocycles. The molecular formula is C16H24N2S. The lowest BCUT2D eigenvalue weighted by Crippen LogP contribution is -2.25. The van der Waals surface area contributed by atoms with Crippen LogP contribution in [0, 0.1) is 0 Å². The Morgan fingerprint density at radius 1 is 1.16 bits per heavy atom. The van der Waals surface area contributed by atoms with Crippen LogP contribution in [0.15, 0.2) is 24.3 Å². The maximum atomic E-state index is 3.60. The lowest BCUT2D eigenvalue weighted by molar-refractivity contribution is 0.287. The predicted molar refractivity (Wildman–Crippen MR) is 83.5 cm³/mol. The normalized spacial score (nSPS) is 21.3. The molecule has 3 heteroatoms. The second-order valence-corrected chi connectivity index (χ2v) is 6.94. The molecule has 1 heterocycles. The molecular weight excluding hydrogens is 252 g/mol. The molecule has 0 bridgehead atoms. The van der Waals surface area contributed by atoms with Crippen LogP contribution in [0.1, 0.15) is 30.4 Å². The molecule has 1 N–H and O–H groups in total. The fraction of sp³-hybridized carbons (Fsp3) is 0.625. The van der Waals surface area contributed by atoms with Gasteiger partial charge in [-0.2, -0.15) is 11.8 Å². The third-order valence-corrected chi connectivity index (χ3v) is 4.93. The summed E-state index contributed by atoms with van der Waals surface area (Å²) in [5.74, 6) is 2.63. The van der Waals surface area contributed by atoms with E-state index >= 15 is 0 Å². The van der Waals surface area contributed by atoms with Crippen LogP contribution in [0.25, 0.3) is 0 Å². The van der Waals surface area contributed by atoms with Gasteiger partial charge in [-0.1, -0.05) is 24.3 Å². The molecule has 1 aliphatic carbocycles. The maximum Gasteiger partial charge on any atom is 0.0234 e. The molecule has 2 nitrogen and oxygen atoms in total. The summed E-state index contributed by atoms with van der Waals surface area (Å²) in [6, 6.07) is 9.92. The van der Waals surface area contributed by atoms with E-state index in [2.05, 4.69) is 46.2 Å². The minimum absolute atomic E-state index is 0.797. The van der Waals surface area contributed by atoms with Crippen molar-refractivity contribution in [3.63, 3.8) is 0 Å². The molecule has 1 aromatic rings. The Hall–Kier alpha value is -0.510. The summed E-state index contributed by atoms with van der Waals surface area (Å²) in [7, 11) is 0. The summed E-state index contributed by atoms with van der Waals surface area (Å²) in [6.07, 6.45) is 4.07. The van der Waals surface area contributed by atoms with Gasteiger partial charge in [-0.15, -0.1) is 0 Å². The Labute approximate surface area is 121 Å². The molecule has 0 spiro atoms. The van der Waals surface area contributed by atoms with Gasteiger partial charge in [0.25, 0.3) is 0 Å². The summed E-state index contributed by atoms with van der Waals surface area (Å²) >= 11 is 2.10. The van der Waals surface area contributed by atoms with Crippen molar-refractivity contribution in [3.05, 3.63) is 35.4 Å². The number of nitrogens with zero attached hydrogens (tertiary/aromatic N) is 1. The van der Waals surface area contributed by atoms with Crippen molar-refractivity contribution >= 4 is 11.8 Å². The molecule has 1 saturated carbocycles. The number of thioether (sulfide) groups is 1. The fourth-order valence-corrected chi connectivity index (χ4v) is 3.53. The first kappa shape index (κ1) is 13.5. The molecule has 0 amide bonds. The van der Waals surface area contributed by atoms with Gasteiger partial charge in [0.1, 0.15) is 0 Å². The zero-order valence-corrected chi connectivity index (χ0v) is 12.4. The maximum absolute atomic E-state index is 3.60. The largest absolute Gasteiger partial charge is 0.310 e. The van der Waals surface area contributed by atoms with Crippen molar-refractivity contribution in [1.82, 2.24) is 10.2 Å². The fourth-order valence-electron chi connectivity index (χ4n) is 2.60. The van der Waals surface area contributed by atoms with Gasteiger partial charge in [0.15, 0.2) is 0 Å². The van der Waals surface area contributed by atoms with Crippen LogP contribution in [0.3, 0.4) is 0 Å². The summed E-state index contributed by atoms with van der Waals surface area (Å²) in [6.45, 7) is 4.67. The summed E-state index contributed by atoms with van der Waals surface area (Å²) in [5.41, 5.74) is 2.91. The minimum Gasteiger partial charge on any atom is -0.310 e. The van der Waals surface area contributed by atoms with Crippen LogP contribution < -0.4 is 5.32 Å². The Bertz CT molecular complexity index is 395. The Morgan fingerprint density at radius 2 is 2.05 bits per heavy atom. The Morgan fingerprint density at radius 3 is 2.95 bits per heavy atom. The van der Waals surface area contributed by atoms with Gasteiger partial charge in [0.2, 0.25) is 0 Å². The van der Waals surface area contributed by atoms with Gasteiger partial charge in [-0.05, 0) is 42.7 Å². The zero-order chi connectivity index (χ0) is 12.9. The lowest BCUT2D eigenvalue weighted by Gasteiger charge is -2.19. The molecule has 19 heavy (non-hydrogen) atoms. The van der Waals surface area contributed by atoms with E-state index in [1.165, 1.54) is 55.0 Å². The van der Waals surface area contributed by atoms with Crippen LogP contribution >= 0.6 is 11.8 Å². The van der Waals surface area contributed by atoms with E-state index < -0.39 is 0 Å². The van der Waals surface area contributed by atoms with Crippen molar-refractivity contribution in [2.45, 2.75) is 38.4 Å². The van der Waals surface area contributed by atoms with Crippen molar-refractivity contribution in [3.8, 4) is 0 Å². The van der Waals surface area contributed by atoms with E-state index in [-0.39, 0.29) is 0 Å². The molecule has 0 aromatic heterocycles. The summed E-state index contributed by atoms with van der Waals surface area (Å²) < 4.78 is 0. The molecule has 2 aliphatic rings. The van der Waals surface area contributed by atoms with Gasteiger partial charge < -0.3 is 5.32 Å². The van der Waals surface area contributed by atoms with Crippen LogP contribution in [0.4, 0.5) is 0 Å². The highest BCUT2D eigenvalue weighted by Crippen LogP contribution is 2.19. The molecule has 0 atom stereocenters. The number of hydrogen-bond acceptors (Lipinski definition) is 3. The second-order valence-electron chi connectivity index (χ2n) is 5.72. The molecule has 1 saturated heterocycles. The van der Waals surface area contributed by atoms with E-state index in [4.69, 9.17) is 0 Å². The van der Waals surface area contributed by atoms with Gasteiger partial charge >= 0.3 is 0 Å². The van der Waals surface area contributed by atoms with E-state index in [0.29, 0.717) is 0 Å². The van der Waals surface area contributed by atoms with Crippen molar-refractivity contribution in [2.75, 3.05) is 24.6 Å². The molecule has 2 fully saturated rings. The molecule has 0 unspecified atom stereocenters. The highest BCUT2D eigenvalue weighted by Gasteiger charge is 2.19. The van der Waals surface area contributed by atoms with Crippen LogP contribution in [-0.2, 0) is 13.1 Å². The monoisotopic (exact) mass is 276 g/mol. The van der Waals surface area contributed by atoms with Crippen molar-refractivity contribution in [1.29, 1.82) is 0 Å². The summed E-state index contributed by atoms with van der Waals surface area (Å²) in [5, 5.41) is 3.60. The average Bonchev–Trinajstić information content (AvgIpc) is 3.25. The van der Waals surface area contributed by atoms with Crippen molar-refractivity contribution in [2.24, 2.45) is 0 Å². The minimum atomic E-state index is 0.797. The second kappa shape index (κ2) is 6.78. The van der Waals surface area contributed by atoms with Crippen LogP contribution in [0.2, 0.25) is 0 Å². The highest BCUT2D eigenvalue weighted by molar-refractivity contribution is 7.99. The van der Waals surface area contributed by atoms with E-state index in [1.807, 2.05) is 0 Å². The third kappa shape index (κ3) is 4.51. The smallest absolute Gasteiger partial charge is 0.0234 e. The SMILES string of the molecule is c1cc(CNC2CC2)cc(CN2CCCSCC2)c1. The Kier molecular flexibility index (Phi) is 4.81. The quantitative estimate of drug-likeness (QED) is 0.890. The first-order valence-electron chi connectivity index (χ1n) is 7.51. The summed E-state index contributed by atoms with van der Waals surface area (Å²) in [4.78, 5) is 2.60. The van der Waals surface area contributed by atoms with Crippen molar-refractivity contribution < 1.29 is 0 Å². The predicted octanol–water partition coefficient (Wildman–Crippen LogP) is 2.88. The number of rotatable bonds is 5. The molecule has 104 valence electrons. The first-order chi connectivity index (χ1) is 9.40. The first-order valence-corrected chi connectivity index (χ1v) is 8.67. The number of hydrogen-bond donors (Lipinski definition) is 1. The number of nitrogens with one attached hydrogen (secondary N) is 1. The van der Waals surface area contributed by atoms with Gasteiger partial charge in [0, 0.05) is 31.4 Å². The standard InChI is InChI=1S/C16H24N2S/c1-3-14(12-17-16-5-6-16)11-15(4-1)13-18-7-2-9-19-10-8-18/h1,3-4,11,16-17H,2,5-10,12-13H2. The van der Waals surface area contributed by atoms with Crippen LogP contribution in [-0.4, -0.2) is 35.5 Å². The van der Waals surface area contributed by atoms with E-state index in [1.54, 1.807) is 0 Å². The third-order valence-electron chi connectivity index (χ3n) is 3.88. The molecule has 3 rings (SSSR count). The van der Waals surface area contributed by atoms with Gasteiger partial charge in [-0.25, -0.2) is 0 Å². The molecule has 1 aromatic carbocycles. The van der Waals surface area contributed by atoms with E-state index in [9.17, 15) is 0 Å². The van der Waals surface area contributed by atoms with Gasteiger partial charge in [-0.3, -0.25) is 4.90 Å². The molecule has 0 radical (unpaired) electrons. The number of benzene rings is 1. The van der Waals surface area contributed by atoms with E-state index in [0.717, 1.165) is 19.1 Å². The highest BCUT2D eigenvalue weighted by atomic mass is 32.2. The van der Waals surface area contributed by atoms with Gasteiger partial charge in [0.05, 0.1) is 0 Å². The average molecular weight is 276 g/mol. The Balaban J connectivity index is 1.54. The lowest BCUT2D eigenvalue weighted by atomic mass is 10.1. The topological polar surface area (TPSA) is 15.3 Å². The zero-order valence-electron chi connectivity index (χ0n) is 11.6. The van der Waals surface area contributed by atoms with Crippen LogP contribution in [0.5, 0.6) is 0 Å².